The van der Waals surface area contributed by atoms with Crippen LogP contribution in [0.5, 0.6) is 0 Å². The van der Waals surface area contributed by atoms with Gasteiger partial charge in [0.15, 0.2) is 5.88 Å². The summed E-state index contributed by atoms with van der Waals surface area (Å²) in [4.78, 5) is 0. The zero-order valence-electron chi connectivity index (χ0n) is 5.35. The van der Waals surface area contributed by atoms with Gasteiger partial charge in [-0.15, -0.1) is 0 Å². The van der Waals surface area contributed by atoms with E-state index in [1.807, 2.05) is 0 Å². The first-order chi connectivity index (χ1) is 4.39. The molecule has 9 heavy (non-hydrogen) atoms. The lowest BCUT2D eigenvalue weighted by Crippen LogP contribution is -2.32. The number of rotatable bonds is 0. The number of allylic oxidation sites excluding steroid dienone is 1. The largest absolute Gasteiger partial charge is 0.494 e. The smallest absolute Gasteiger partial charge is 0.194 e. The highest BCUT2D eigenvalue weighted by Gasteiger charge is 1.94. The predicted molar refractivity (Wildman–Crippen MR) is 35.7 cm³/mol. The van der Waals surface area contributed by atoms with Gasteiger partial charge in [0.1, 0.15) is 0 Å². The Morgan fingerprint density at radius 3 is 3.22 bits per heavy atom. The quantitative estimate of drug-likeness (QED) is 0.449. The van der Waals surface area contributed by atoms with Crippen LogP contribution in [0, 0.1) is 0 Å². The van der Waals surface area contributed by atoms with E-state index < -0.39 is 0 Å². The molecule has 1 rings (SSSR count). The minimum atomic E-state index is 0.245. The van der Waals surface area contributed by atoms with Crippen LogP contribution < -0.4 is 10.9 Å². The summed E-state index contributed by atoms with van der Waals surface area (Å²) in [5.41, 5.74) is 5.52. The Kier molecular flexibility index (Phi) is 2.39. The number of nitrogens with one attached hydrogen (secondary N) is 2. The van der Waals surface area contributed by atoms with E-state index in [0.29, 0.717) is 0 Å². The molecule has 0 spiro atoms. The monoisotopic (exact) mass is 128 g/mol. The van der Waals surface area contributed by atoms with Crippen LogP contribution in [0.4, 0.5) is 0 Å². The Balaban J connectivity index is 2.32. The first-order valence-corrected chi connectivity index (χ1v) is 3.27. The number of aliphatic hydroxyl groups is 1. The Labute approximate surface area is 54.7 Å². The van der Waals surface area contributed by atoms with Gasteiger partial charge in [-0.2, -0.15) is 0 Å². The van der Waals surface area contributed by atoms with E-state index in [4.69, 9.17) is 5.11 Å². The van der Waals surface area contributed by atoms with Crippen LogP contribution in [-0.2, 0) is 0 Å². The third kappa shape index (κ3) is 2.37. The van der Waals surface area contributed by atoms with Gasteiger partial charge in [-0.1, -0.05) is 0 Å². The fourth-order valence-electron chi connectivity index (χ4n) is 0.801. The van der Waals surface area contributed by atoms with E-state index in [0.717, 1.165) is 25.8 Å². The summed E-state index contributed by atoms with van der Waals surface area (Å²) in [7, 11) is 0. The van der Waals surface area contributed by atoms with Crippen molar-refractivity contribution in [2.75, 3.05) is 6.54 Å². The van der Waals surface area contributed by atoms with Crippen molar-refractivity contribution in [2.24, 2.45) is 0 Å². The van der Waals surface area contributed by atoms with E-state index in [-0.39, 0.29) is 5.88 Å². The van der Waals surface area contributed by atoms with E-state index >= 15 is 0 Å². The minimum absolute atomic E-state index is 0.245. The highest BCUT2D eigenvalue weighted by Crippen LogP contribution is 1.98. The number of aliphatic hydroxyl groups excluding tert-OH is 1. The van der Waals surface area contributed by atoms with Crippen molar-refractivity contribution in [3.05, 3.63) is 12.0 Å². The fraction of sp³-hybridized carbons (Fsp3) is 0.667. The molecule has 0 unspecified atom stereocenters. The molecular weight excluding hydrogens is 116 g/mol. The van der Waals surface area contributed by atoms with Crippen LogP contribution in [0.25, 0.3) is 0 Å². The average molecular weight is 128 g/mol. The Hall–Kier alpha value is -0.700. The van der Waals surface area contributed by atoms with Gasteiger partial charge in [-0.05, 0) is 25.3 Å². The minimum Gasteiger partial charge on any atom is -0.494 e. The van der Waals surface area contributed by atoms with Crippen molar-refractivity contribution >= 4 is 0 Å². The molecule has 0 aromatic carbocycles. The molecule has 1 aliphatic rings. The Morgan fingerprint density at radius 2 is 2.33 bits per heavy atom. The van der Waals surface area contributed by atoms with Gasteiger partial charge < -0.3 is 5.11 Å². The van der Waals surface area contributed by atoms with E-state index in [9.17, 15) is 0 Å². The highest BCUT2D eigenvalue weighted by molar-refractivity contribution is 4.87. The van der Waals surface area contributed by atoms with Crippen molar-refractivity contribution in [3.8, 4) is 0 Å². The molecule has 0 saturated carbocycles. The van der Waals surface area contributed by atoms with Crippen LogP contribution in [0.2, 0.25) is 0 Å². The standard InChI is InChI=1S/C6H12N2O/c9-6-4-2-1-3-5-7-8-6/h4,7-9H,1-3,5H2/b6-4+. The molecule has 0 aliphatic carbocycles. The van der Waals surface area contributed by atoms with Crippen LogP contribution >= 0.6 is 0 Å². The lowest BCUT2D eigenvalue weighted by molar-refractivity contribution is 0.328. The average Bonchev–Trinajstić information content (AvgIpc) is 1.79. The Morgan fingerprint density at radius 1 is 1.44 bits per heavy atom. The van der Waals surface area contributed by atoms with Gasteiger partial charge >= 0.3 is 0 Å². The Bertz CT molecular complexity index is 112. The maximum atomic E-state index is 8.90. The molecule has 3 heteroatoms. The summed E-state index contributed by atoms with van der Waals surface area (Å²) in [6.45, 7) is 0.928. The molecular formula is C6H12N2O. The normalized spacial score (nSPS) is 26.9. The van der Waals surface area contributed by atoms with E-state index in [1.54, 1.807) is 6.08 Å². The fourth-order valence-corrected chi connectivity index (χ4v) is 0.801. The predicted octanol–water partition coefficient (Wildman–Crippen LogP) is 0.664. The molecule has 0 aromatic rings. The molecule has 0 radical (unpaired) electrons. The molecule has 0 atom stereocenters. The second-order valence-electron chi connectivity index (χ2n) is 2.14. The molecule has 0 bridgehead atoms. The van der Waals surface area contributed by atoms with Crippen LogP contribution in [0.15, 0.2) is 12.0 Å². The van der Waals surface area contributed by atoms with Crippen molar-refractivity contribution in [2.45, 2.75) is 19.3 Å². The molecule has 1 heterocycles. The van der Waals surface area contributed by atoms with Crippen molar-refractivity contribution < 1.29 is 5.11 Å². The third-order valence-corrected chi connectivity index (χ3v) is 1.31. The van der Waals surface area contributed by atoms with Gasteiger partial charge in [0.2, 0.25) is 0 Å². The molecule has 1 aliphatic heterocycles. The van der Waals surface area contributed by atoms with Gasteiger partial charge in [0, 0.05) is 6.54 Å². The lowest BCUT2D eigenvalue weighted by atomic mass is 10.2. The first kappa shape index (κ1) is 6.42. The molecule has 3 N–H and O–H groups in total. The molecule has 0 saturated heterocycles. The zero-order valence-corrected chi connectivity index (χ0v) is 5.35. The second-order valence-corrected chi connectivity index (χ2v) is 2.14. The summed E-state index contributed by atoms with van der Waals surface area (Å²) in [6, 6.07) is 0. The summed E-state index contributed by atoms with van der Waals surface area (Å²) in [6.07, 6.45) is 5.07. The van der Waals surface area contributed by atoms with Gasteiger partial charge in [-0.25, -0.2) is 5.43 Å². The topological polar surface area (TPSA) is 44.3 Å². The van der Waals surface area contributed by atoms with Crippen LogP contribution in [0.3, 0.4) is 0 Å². The summed E-state index contributed by atoms with van der Waals surface area (Å²) in [5, 5.41) is 8.90. The van der Waals surface area contributed by atoms with Gasteiger partial charge in [-0.3, -0.25) is 5.43 Å². The molecule has 52 valence electrons. The van der Waals surface area contributed by atoms with Crippen LogP contribution in [-0.4, -0.2) is 11.7 Å². The van der Waals surface area contributed by atoms with Crippen molar-refractivity contribution in [1.82, 2.24) is 10.9 Å². The number of hydrogen-bond acceptors (Lipinski definition) is 3. The van der Waals surface area contributed by atoms with Gasteiger partial charge in [0.25, 0.3) is 0 Å². The van der Waals surface area contributed by atoms with Gasteiger partial charge in [0.05, 0.1) is 0 Å². The molecule has 0 fully saturated rings. The van der Waals surface area contributed by atoms with Crippen molar-refractivity contribution in [1.29, 1.82) is 0 Å². The third-order valence-electron chi connectivity index (χ3n) is 1.31. The SMILES string of the molecule is O/C1=C/CCCCNN1. The second kappa shape index (κ2) is 3.35. The summed E-state index contributed by atoms with van der Waals surface area (Å²) >= 11 is 0. The van der Waals surface area contributed by atoms with E-state index in [1.165, 1.54) is 0 Å². The number of hydrazine groups is 1. The van der Waals surface area contributed by atoms with Crippen molar-refractivity contribution in [3.63, 3.8) is 0 Å². The maximum absolute atomic E-state index is 8.90. The highest BCUT2D eigenvalue weighted by atomic mass is 16.3. The van der Waals surface area contributed by atoms with E-state index in [2.05, 4.69) is 10.9 Å². The summed E-state index contributed by atoms with van der Waals surface area (Å²) in [5.74, 6) is 0.245. The summed E-state index contributed by atoms with van der Waals surface area (Å²) < 4.78 is 0. The molecule has 0 aromatic heterocycles. The molecule has 0 amide bonds. The first-order valence-electron chi connectivity index (χ1n) is 3.27. The molecule has 3 nitrogen and oxygen atoms in total. The van der Waals surface area contributed by atoms with Crippen LogP contribution in [0.1, 0.15) is 19.3 Å². The zero-order chi connectivity index (χ0) is 6.53. The lowest BCUT2D eigenvalue weighted by Gasteiger charge is -2.09. The number of hydrogen-bond donors (Lipinski definition) is 3. The maximum Gasteiger partial charge on any atom is 0.194 e.